The highest BCUT2D eigenvalue weighted by Gasteiger charge is 2.67. The van der Waals surface area contributed by atoms with Crippen LogP contribution < -0.4 is 5.73 Å². The molecule has 2 bridgehead atoms. The van der Waals surface area contributed by atoms with Crippen molar-refractivity contribution in [3.05, 3.63) is 40.7 Å². The number of hydrogen-bond acceptors (Lipinski definition) is 3. The van der Waals surface area contributed by atoms with Gasteiger partial charge < -0.3 is 5.73 Å². The molecule has 0 unspecified atom stereocenters. The Bertz CT molecular complexity index is 553. The predicted octanol–water partition coefficient (Wildman–Crippen LogP) is 2.94. The van der Waals surface area contributed by atoms with E-state index in [0.717, 1.165) is 25.0 Å². The number of aromatic nitrogens is 1. The highest BCUT2D eigenvalue weighted by Crippen LogP contribution is 2.66. The third-order valence-electron chi connectivity index (χ3n) is 4.10. The molecule has 3 fully saturated rings. The van der Waals surface area contributed by atoms with Gasteiger partial charge in [0.25, 0.3) is 0 Å². The van der Waals surface area contributed by atoms with E-state index >= 15 is 0 Å². The molecule has 0 atom stereocenters. The molecule has 5 rings (SSSR count). The van der Waals surface area contributed by atoms with E-state index in [0.29, 0.717) is 5.41 Å². The van der Waals surface area contributed by atoms with Gasteiger partial charge in [-0.05, 0) is 19.3 Å². The van der Waals surface area contributed by atoms with Gasteiger partial charge in [-0.25, -0.2) is 4.98 Å². The Kier molecular flexibility index (Phi) is 1.72. The van der Waals surface area contributed by atoms with Crippen LogP contribution in [-0.4, -0.2) is 10.5 Å². The molecular formula is C14H14N2S. The zero-order valence-corrected chi connectivity index (χ0v) is 10.3. The molecule has 2 N–H and O–H groups in total. The number of nitrogens with two attached hydrogens (primary N) is 1. The van der Waals surface area contributed by atoms with Crippen molar-refractivity contribution in [2.24, 2.45) is 5.73 Å². The standard InChI is InChI=1S/C14H14N2S/c15-14-7-13(8-14,9-14)12-16-11(6-17-12)10-4-2-1-3-5-10/h1-6H,7-9,15H2. The van der Waals surface area contributed by atoms with Crippen LogP contribution in [0.1, 0.15) is 24.3 Å². The molecule has 17 heavy (non-hydrogen) atoms. The van der Waals surface area contributed by atoms with E-state index in [1.54, 1.807) is 11.3 Å². The minimum absolute atomic E-state index is 0.165. The second-order valence-electron chi connectivity index (χ2n) is 5.58. The van der Waals surface area contributed by atoms with Crippen LogP contribution in [-0.2, 0) is 5.41 Å². The number of benzene rings is 1. The van der Waals surface area contributed by atoms with Crippen LogP contribution >= 0.6 is 11.3 Å². The number of rotatable bonds is 2. The fourth-order valence-corrected chi connectivity index (χ4v) is 4.38. The van der Waals surface area contributed by atoms with Gasteiger partial charge in [0.05, 0.1) is 10.7 Å². The van der Waals surface area contributed by atoms with Crippen molar-refractivity contribution in [2.75, 3.05) is 0 Å². The highest BCUT2D eigenvalue weighted by atomic mass is 32.1. The summed E-state index contributed by atoms with van der Waals surface area (Å²) in [5, 5.41) is 3.47. The molecule has 2 nitrogen and oxygen atoms in total. The van der Waals surface area contributed by atoms with E-state index in [4.69, 9.17) is 10.7 Å². The van der Waals surface area contributed by atoms with Gasteiger partial charge in [0.2, 0.25) is 0 Å². The maximum absolute atomic E-state index is 6.10. The Morgan fingerprint density at radius 1 is 1.12 bits per heavy atom. The topological polar surface area (TPSA) is 38.9 Å². The van der Waals surface area contributed by atoms with Gasteiger partial charge in [-0.2, -0.15) is 0 Å². The molecule has 0 saturated heterocycles. The Labute approximate surface area is 105 Å². The van der Waals surface area contributed by atoms with Crippen molar-refractivity contribution in [2.45, 2.75) is 30.2 Å². The SMILES string of the molecule is NC12CC(c3nc(-c4ccccc4)cs3)(C1)C2. The molecule has 0 spiro atoms. The molecule has 0 aliphatic heterocycles. The summed E-state index contributed by atoms with van der Waals surface area (Å²) in [5.74, 6) is 0. The minimum atomic E-state index is 0.165. The molecule has 3 aliphatic rings. The summed E-state index contributed by atoms with van der Waals surface area (Å²) in [6, 6.07) is 10.4. The van der Waals surface area contributed by atoms with Gasteiger partial charge in [-0.3, -0.25) is 0 Å². The first-order valence-electron chi connectivity index (χ1n) is 6.00. The summed E-state index contributed by atoms with van der Waals surface area (Å²) in [6.07, 6.45) is 3.42. The van der Waals surface area contributed by atoms with E-state index < -0.39 is 0 Å². The summed E-state index contributed by atoms with van der Waals surface area (Å²) < 4.78 is 0. The molecular weight excluding hydrogens is 228 g/mol. The zero-order chi connectivity index (χ0) is 11.5. The molecule has 0 amide bonds. The second kappa shape index (κ2) is 2.98. The first-order valence-corrected chi connectivity index (χ1v) is 6.88. The monoisotopic (exact) mass is 242 g/mol. The smallest absolute Gasteiger partial charge is 0.0996 e. The van der Waals surface area contributed by atoms with Crippen molar-refractivity contribution >= 4 is 11.3 Å². The van der Waals surface area contributed by atoms with Gasteiger partial charge in [0, 0.05) is 21.9 Å². The Morgan fingerprint density at radius 2 is 1.82 bits per heavy atom. The first kappa shape index (κ1) is 9.80. The molecule has 3 saturated carbocycles. The quantitative estimate of drug-likeness (QED) is 0.879. The maximum atomic E-state index is 6.10. The normalized spacial score (nSPS) is 33.9. The lowest BCUT2D eigenvalue weighted by molar-refractivity contribution is -0.0590. The third kappa shape index (κ3) is 1.27. The first-order chi connectivity index (χ1) is 8.19. The summed E-state index contributed by atoms with van der Waals surface area (Å²) in [6.45, 7) is 0. The molecule has 2 aromatic rings. The lowest BCUT2D eigenvalue weighted by Crippen LogP contribution is -2.74. The third-order valence-corrected chi connectivity index (χ3v) is 5.19. The minimum Gasteiger partial charge on any atom is -0.325 e. The van der Waals surface area contributed by atoms with Crippen LogP contribution in [0.4, 0.5) is 0 Å². The largest absolute Gasteiger partial charge is 0.325 e. The van der Waals surface area contributed by atoms with Crippen molar-refractivity contribution in [3.8, 4) is 11.3 Å². The molecule has 3 heteroatoms. The van der Waals surface area contributed by atoms with E-state index in [-0.39, 0.29) is 5.54 Å². The van der Waals surface area contributed by atoms with Crippen molar-refractivity contribution in [1.82, 2.24) is 4.98 Å². The zero-order valence-electron chi connectivity index (χ0n) is 9.52. The molecule has 3 aliphatic carbocycles. The number of nitrogens with zero attached hydrogens (tertiary/aromatic N) is 1. The summed E-state index contributed by atoms with van der Waals surface area (Å²) in [5.41, 5.74) is 8.95. The van der Waals surface area contributed by atoms with Crippen LogP contribution in [0.2, 0.25) is 0 Å². The maximum Gasteiger partial charge on any atom is 0.0996 e. The summed E-state index contributed by atoms with van der Waals surface area (Å²) in [7, 11) is 0. The van der Waals surface area contributed by atoms with Crippen molar-refractivity contribution < 1.29 is 0 Å². The van der Waals surface area contributed by atoms with Gasteiger partial charge in [0.1, 0.15) is 0 Å². The fraction of sp³-hybridized carbons (Fsp3) is 0.357. The Morgan fingerprint density at radius 3 is 2.47 bits per heavy atom. The molecule has 1 aromatic heterocycles. The summed E-state index contributed by atoms with van der Waals surface area (Å²) in [4.78, 5) is 4.81. The molecule has 1 aromatic carbocycles. The van der Waals surface area contributed by atoms with Crippen molar-refractivity contribution in [3.63, 3.8) is 0 Å². The van der Waals surface area contributed by atoms with Gasteiger partial charge in [0.15, 0.2) is 0 Å². The highest BCUT2D eigenvalue weighted by molar-refractivity contribution is 7.10. The van der Waals surface area contributed by atoms with Gasteiger partial charge in [-0.1, -0.05) is 30.3 Å². The fourth-order valence-electron chi connectivity index (χ4n) is 3.35. The van der Waals surface area contributed by atoms with Crippen molar-refractivity contribution in [1.29, 1.82) is 0 Å². The molecule has 1 heterocycles. The lowest BCUT2D eigenvalue weighted by atomic mass is 9.40. The average molecular weight is 242 g/mol. The summed E-state index contributed by atoms with van der Waals surface area (Å²) >= 11 is 1.80. The van der Waals surface area contributed by atoms with E-state index in [2.05, 4.69) is 29.6 Å². The van der Waals surface area contributed by atoms with Crippen LogP contribution in [0, 0.1) is 0 Å². The predicted molar refractivity (Wildman–Crippen MR) is 70.0 cm³/mol. The number of thiazole rings is 1. The molecule has 86 valence electrons. The van der Waals surface area contributed by atoms with Gasteiger partial charge >= 0.3 is 0 Å². The van der Waals surface area contributed by atoms with Crippen LogP contribution in [0.5, 0.6) is 0 Å². The Hall–Kier alpha value is -1.19. The van der Waals surface area contributed by atoms with Crippen LogP contribution in [0.15, 0.2) is 35.7 Å². The van der Waals surface area contributed by atoms with Gasteiger partial charge in [-0.15, -0.1) is 11.3 Å². The Balaban J connectivity index is 1.67. The average Bonchev–Trinajstić information content (AvgIpc) is 2.74. The number of hydrogen-bond donors (Lipinski definition) is 1. The van der Waals surface area contributed by atoms with E-state index in [9.17, 15) is 0 Å². The molecule has 0 radical (unpaired) electrons. The van der Waals surface area contributed by atoms with E-state index in [1.165, 1.54) is 10.6 Å². The second-order valence-corrected chi connectivity index (χ2v) is 6.44. The lowest BCUT2D eigenvalue weighted by Gasteiger charge is -2.68. The van der Waals surface area contributed by atoms with E-state index in [1.807, 2.05) is 6.07 Å². The van der Waals surface area contributed by atoms with Crippen LogP contribution in [0.3, 0.4) is 0 Å². The van der Waals surface area contributed by atoms with Crippen LogP contribution in [0.25, 0.3) is 11.3 Å².